The van der Waals surface area contributed by atoms with Crippen LogP contribution in [-0.4, -0.2) is 28.8 Å². The minimum absolute atomic E-state index is 0.0675. The fourth-order valence-electron chi connectivity index (χ4n) is 0.931. The van der Waals surface area contributed by atoms with Crippen molar-refractivity contribution in [3.8, 4) is 0 Å². The SMILES string of the molecule is Cn1ncc(NCC(F)(F)CN)c(Cl)c1=O. The summed E-state index contributed by atoms with van der Waals surface area (Å²) in [5.74, 6) is -3.05. The van der Waals surface area contributed by atoms with E-state index in [9.17, 15) is 13.6 Å². The van der Waals surface area contributed by atoms with E-state index in [2.05, 4.69) is 10.4 Å². The van der Waals surface area contributed by atoms with Crippen molar-refractivity contribution in [1.82, 2.24) is 9.78 Å². The van der Waals surface area contributed by atoms with E-state index in [0.29, 0.717) is 0 Å². The molecule has 0 unspecified atom stereocenters. The number of hydrogen-bond acceptors (Lipinski definition) is 4. The number of aromatic nitrogens is 2. The van der Waals surface area contributed by atoms with E-state index >= 15 is 0 Å². The summed E-state index contributed by atoms with van der Waals surface area (Å²) in [6.45, 7) is -1.48. The minimum atomic E-state index is -3.05. The van der Waals surface area contributed by atoms with Crippen molar-refractivity contribution in [2.45, 2.75) is 5.92 Å². The molecule has 0 aliphatic heterocycles. The zero-order valence-corrected chi connectivity index (χ0v) is 9.26. The fraction of sp³-hybridized carbons (Fsp3) is 0.500. The maximum absolute atomic E-state index is 12.8. The van der Waals surface area contributed by atoms with E-state index in [0.717, 1.165) is 4.68 Å². The summed E-state index contributed by atoms with van der Waals surface area (Å²) in [6.07, 6.45) is 1.20. The van der Waals surface area contributed by atoms with Crippen LogP contribution in [0, 0.1) is 0 Å². The topological polar surface area (TPSA) is 72.9 Å². The van der Waals surface area contributed by atoms with Crippen LogP contribution in [0.2, 0.25) is 5.02 Å². The lowest BCUT2D eigenvalue weighted by Crippen LogP contribution is -2.35. The van der Waals surface area contributed by atoms with Crippen molar-refractivity contribution in [2.75, 3.05) is 18.4 Å². The summed E-state index contributed by atoms with van der Waals surface area (Å²) in [4.78, 5) is 11.3. The van der Waals surface area contributed by atoms with Crippen molar-refractivity contribution in [3.63, 3.8) is 0 Å². The molecule has 0 bridgehead atoms. The predicted octanol–water partition coefficient (Wildman–Crippen LogP) is 0.440. The molecule has 1 aromatic rings. The maximum Gasteiger partial charge on any atom is 0.287 e. The van der Waals surface area contributed by atoms with Crippen LogP contribution in [0.1, 0.15) is 0 Å². The van der Waals surface area contributed by atoms with Gasteiger partial charge >= 0.3 is 0 Å². The first-order chi connectivity index (χ1) is 7.37. The normalized spacial score (nSPS) is 11.6. The zero-order valence-electron chi connectivity index (χ0n) is 8.51. The molecule has 0 spiro atoms. The highest BCUT2D eigenvalue weighted by Gasteiger charge is 2.26. The van der Waals surface area contributed by atoms with E-state index < -0.39 is 24.6 Å². The Balaban J connectivity index is 2.84. The maximum atomic E-state index is 12.8. The third-order valence-corrected chi connectivity index (χ3v) is 2.28. The number of aryl methyl sites for hydroxylation is 1. The summed E-state index contributed by atoms with van der Waals surface area (Å²) in [7, 11) is 1.41. The van der Waals surface area contributed by atoms with Crippen molar-refractivity contribution in [1.29, 1.82) is 0 Å². The van der Waals surface area contributed by atoms with Crippen molar-refractivity contribution >= 4 is 17.3 Å². The molecule has 16 heavy (non-hydrogen) atoms. The third-order valence-electron chi connectivity index (χ3n) is 1.91. The molecule has 1 heterocycles. The number of halogens is 3. The molecule has 5 nitrogen and oxygen atoms in total. The molecule has 0 aliphatic rings. The van der Waals surface area contributed by atoms with E-state index in [1.54, 1.807) is 0 Å². The standard InChI is InChI=1S/C8H11ClF2N4O/c1-15-7(16)6(9)5(2-14-15)13-4-8(10,11)3-12/h2,13H,3-4,12H2,1H3. The Morgan fingerprint density at radius 3 is 2.88 bits per heavy atom. The highest BCUT2D eigenvalue weighted by molar-refractivity contribution is 6.32. The molecule has 0 fully saturated rings. The molecule has 1 rings (SSSR count). The summed E-state index contributed by atoms with van der Waals surface area (Å²) in [5, 5.41) is 5.81. The van der Waals surface area contributed by atoms with Gasteiger partial charge in [-0.3, -0.25) is 4.79 Å². The summed E-state index contributed by atoms with van der Waals surface area (Å²) >= 11 is 5.66. The largest absolute Gasteiger partial charge is 0.376 e. The lowest BCUT2D eigenvalue weighted by molar-refractivity contribution is 0.0254. The van der Waals surface area contributed by atoms with Crippen LogP contribution in [0.3, 0.4) is 0 Å². The molecule has 0 saturated heterocycles. The number of alkyl halides is 2. The van der Waals surface area contributed by atoms with Gasteiger partial charge in [-0.1, -0.05) is 11.6 Å². The Hall–Kier alpha value is -1.21. The third kappa shape index (κ3) is 2.89. The second-order valence-corrected chi connectivity index (χ2v) is 3.59. The van der Waals surface area contributed by atoms with Crippen LogP contribution >= 0.6 is 11.6 Å². The van der Waals surface area contributed by atoms with Gasteiger partial charge in [0.25, 0.3) is 11.5 Å². The average Bonchev–Trinajstić information content (AvgIpc) is 2.25. The Morgan fingerprint density at radius 1 is 1.69 bits per heavy atom. The predicted molar refractivity (Wildman–Crippen MR) is 57.0 cm³/mol. The zero-order chi connectivity index (χ0) is 12.3. The minimum Gasteiger partial charge on any atom is -0.376 e. The van der Waals surface area contributed by atoms with Gasteiger partial charge in [-0.15, -0.1) is 0 Å². The van der Waals surface area contributed by atoms with Crippen LogP contribution in [0.4, 0.5) is 14.5 Å². The van der Waals surface area contributed by atoms with E-state index in [1.165, 1.54) is 13.2 Å². The monoisotopic (exact) mass is 252 g/mol. The van der Waals surface area contributed by atoms with Gasteiger partial charge in [-0.25, -0.2) is 13.5 Å². The number of nitrogens with zero attached hydrogens (tertiary/aromatic N) is 2. The van der Waals surface area contributed by atoms with Crippen molar-refractivity contribution < 1.29 is 8.78 Å². The first kappa shape index (κ1) is 12.9. The van der Waals surface area contributed by atoms with Crippen molar-refractivity contribution in [3.05, 3.63) is 21.6 Å². The quantitative estimate of drug-likeness (QED) is 0.816. The highest BCUT2D eigenvalue weighted by atomic mass is 35.5. The van der Waals surface area contributed by atoms with Gasteiger partial charge in [0, 0.05) is 7.05 Å². The molecule has 0 aliphatic carbocycles. The second-order valence-electron chi connectivity index (χ2n) is 3.21. The molecule has 3 N–H and O–H groups in total. The van der Waals surface area contributed by atoms with Crippen LogP contribution in [0.15, 0.2) is 11.0 Å². The van der Waals surface area contributed by atoms with Crippen molar-refractivity contribution in [2.24, 2.45) is 12.8 Å². The molecule has 0 atom stereocenters. The molecule has 0 amide bonds. The molecule has 8 heteroatoms. The summed E-state index contributed by atoms with van der Waals surface area (Å²) < 4.78 is 26.6. The molecule has 90 valence electrons. The molecular formula is C8H11ClF2N4O. The Labute approximate surface area is 95.2 Å². The van der Waals surface area contributed by atoms with E-state index in [1.807, 2.05) is 0 Å². The number of rotatable bonds is 4. The first-order valence-electron chi connectivity index (χ1n) is 4.41. The second kappa shape index (κ2) is 4.75. The van der Waals surface area contributed by atoms with E-state index in [4.69, 9.17) is 17.3 Å². The Morgan fingerprint density at radius 2 is 2.31 bits per heavy atom. The van der Waals surface area contributed by atoms with Gasteiger partial charge in [0.15, 0.2) is 0 Å². The molecule has 0 saturated carbocycles. The van der Waals surface area contributed by atoms with Crippen LogP contribution in [0.5, 0.6) is 0 Å². The number of anilines is 1. The average molecular weight is 253 g/mol. The van der Waals surface area contributed by atoms with E-state index in [-0.39, 0.29) is 10.7 Å². The van der Waals surface area contributed by atoms with Crippen LogP contribution in [-0.2, 0) is 7.05 Å². The molecule has 1 aromatic heterocycles. The summed E-state index contributed by atoms with van der Waals surface area (Å²) in [6, 6.07) is 0. The van der Waals surface area contributed by atoms with Gasteiger partial charge in [0.2, 0.25) is 0 Å². The molecular weight excluding hydrogens is 242 g/mol. The van der Waals surface area contributed by atoms with Gasteiger partial charge in [0.05, 0.1) is 25.0 Å². The lowest BCUT2D eigenvalue weighted by atomic mass is 10.3. The lowest BCUT2D eigenvalue weighted by Gasteiger charge is -2.15. The van der Waals surface area contributed by atoms with Crippen LogP contribution < -0.4 is 16.6 Å². The number of nitrogens with two attached hydrogens (primary N) is 1. The van der Waals surface area contributed by atoms with Gasteiger partial charge in [0.1, 0.15) is 5.02 Å². The van der Waals surface area contributed by atoms with Crippen LogP contribution in [0.25, 0.3) is 0 Å². The first-order valence-corrected chi connectivity index (χ1v) is 4.79. The molecule has 0 radical (unpaired) electrons. The molecule has 0 aromatic carbocycles. The van der Waals surface area contributed by atoms with Gasteiger partial charge in [-0.2, -0.15) is 5.10 Å². The van der Waals surface area contributed by atoms with Gasteiger partial charge in [-0.05, 0) is 0 Å². The smallest absolute Gasteiger partial charge is 0.287 e. The fourth-order valence-corrected chi connectivity index (χ4v) is 1.17. The number of hydrogen-bond donors (Lipinski definition) is 2. The number of nitrogens with one attached hydrogen (secondary N) is 1. The van der Waals surface area contributed by atoms with Gasteiger partial charge < -0.3 is 11.1 Å². The Kier molecular flexibility index (Phi) is 3.82. The Bertz CT molecular complexity index is 435. The summed E-state index contributed by atoms with van der Waals surface area (Å²) in [5.41, 5.74) is 4.37. The highest BCUT2D eigenvalue weighted by Crippen LogP contribution is 2.18.